The fraction of sp³-hybridized carbons (Fsp3) is 0.400. The Hall–Kier alpha value is -0.770. The Bertz CT molecular complexity index is 291. The predicted molar refractivity (Wildman–Crippen MR) is 56.8 cm³/mol. The third-order valence-corrected chi connectivity index (χ3v) is 2.29. The molecule has 4 heteroatoms. The zero-order valence-corrected chi connectivity index (χ0v) is 9.51. The summed E-state index contributed by atoms with van der Waals surface area (Å²) in [4.78, 5) is 0. The van der Waals surface area contributed by atoms with Crippen LogP contribution in [-0.2, 0) is 0 Å². The van der Waals surface area contributed by atoms with E-state index < -0.39 is 0 Å². The number of benzene rings is 1. The van der Waals surface area contributed by atoms with Gasteiger partial charge in [0.15, 0.2) is 0 Å². The molecule has 2 nitrogen and oxygen atoms in total. The van der Waals surface area contributed by atoms with Crippen molar-refractivity contribution in [3.8, 4) is 11.5 Å². The molecule has 14 heavy (non-hydrogen) atoms. The Labute approximate surface area is 91.2 Å². The summed E-state index contributed by atoms with van der Waals surface area (Å²) < 4.78 is 23.0. The average Bonchev–Trinajstić information content (AvgIpc) is 2.20. The molecule has 0 fully saturated rings. The quantitative estimate of drug-likeness (QED) is 0.759. The van der Waals surface area contributed by atoms with Crippen LogP contribution in [0.3, 0.4) is 0 Å². The van der Waals surface area contributed by atoms with Crippen LogP contribution in [0, 0.1) is 0 Å². The van der Waals surface area contributed by atoms with E-state index in [9.17, 15) is 4.39 Å². The normalized spacial score (nSPS) is 9.93. The van der Waals surface area contributed by atoms with Gasteiger partial charge in [-0.15, -0.1) is 0 Å². The maximum atomic E-state index is 11.8. The van der Waals surface area contributed by atoms with Crippen LogP contribution < -0.4 is 9.47 Å². The van der Waals surface area contributed by atoms with Crippen molar-refractivity contribution in [3.63, 3.8) is 0 Å². The molecule has 0 aromatic heterocycles. The Balaban J connectivity index is 2.59. The van der Waals surface area contributed by atoms with Gasteiger partial charge in [0.05, 0.1) is 24.9 Å². The maximum Gasteiger partial charge on any atom is 0.133 e. The van der Waals surface area contributed by atoms with Gasteiger partial charge < -0.3 is 9.47 Å². The molecule has 0 N–H and O–H groups in total. The van der Waals surface area contributed by atoms with E-state index in [1.165, 1.54) is 0 Å². The zero-order valence-electron chi connectivity index (χ0n) is 7.93. The Morgan fingerprint density at radius 1 is 1.43 bits per heavy atom. The minimum Gasteiger partial charge on any atom is -0.497 e. The van der Waals surface area contributed by atoms with Crippen LogP contribution >= 0.6 is 15.9 Å². The van der Waals surface area contributed by atoms with E-state index in [0.717, 1.165) is 10.2 Å². The van der Waals surface area contributed by atoms with E-state index in [0.29, 0.717) is 18.8 Å². The van der Waals surface area contributed by atoms with Crippen LogP contribution in [0.25, 0.3) is 0 Å². The van der Waals surface area contributed by atoms with Crippen LogP contribution in [0.5, 0.6) is 11.5 Å². The van der Waals surface area contributed by atoms with Gasteiger partial charge in [-0.05, 0) is 34.1 Å². The second-order valence-corrected chi connectivity index (χ2v) is 3.54. The molecule has 0 aliphatic carbocycles. The highest BCUT2D eigenvalue weighted by atomic mass is 79.9. The molecular formula is C10H12BrFO2. The summed E-state index contributed by atoms with van der Waals surface area (Å²) in [6.07, 6.45) is 0.415. The first-order valence-electron chi connectivity index (χ1n) is 4.30. The van der Waals surface area contributed by atoms with Crippen molar-refractivity contribution in [1.29, 1.82) is 0 Å². The van der Waals surface area contributed by atoms with Gasteiger partial charge in [0.25, 0.3) is 0 Å². The van der Waals surface area contributed by atoms with E-state index in [-0.39, 0.29) is 6.67 Å². The van der Waals surface area contributed by atoms with Crippen LogP contribution in [0.15, 0.2) is 22.7 Å². The summed E-state index contributed by atoms with van der Waals surface area (Å²) in [6.45, 7) is 0.0369. The fourth-order valence-electron chi connectivity index (χ4n) is 0.962. The molecule has 0 bridgehead atoms. The number of ether oxygens (including phenoxy) is 2. The molecule has 0 unspecified atom stereocenters. The minimum atomic E-state index is -0.353. The van der Waals surface area contributed by atoms with Crippen molar-refractivity contribution in [2.75, 3.05) is 20.4 Å². The zero-order chi connectivity index (χ0) is 10.4. The molecule has 0 atom stereocenters. The molecule has 0 aliphatic rings. The van der Waals surface area contributed by atoms with Crippen LogP contribution in [0.1, 0.15) is 6.42 Å². The van der Waals surface area contributed by atoms with Crippen molar-refractivity contribution in [2.24, 2.45) is 0 Å². The second kappa shape index (κ2) is 5.86. The van der Waals surface area contributed by atoms with Crippen LogP contribution in [0.2, 0.25) is 0 Å². The standard InChI is InChI=1S/C10H12BrFO2/c1-13-8-3-4-10(9(11)7-8)14-6-2-5-12/h3-4,7H,2,5-6H2,1H3. The number of halogens is 2. The van der Waals surface area contributed by atoms with Gasteiger partial charge >= 0.3 is 0 Å². The number of alkyl halides is 1. The molecular weight excluding hydrogens is 251 g/mol. The van der Waals surface area contributed by atoms with Gasteiger partial charge in [-0.1, -0.05) is 0 Å². The first kappa shape index (κ1) is 11.3. The molecule has 78 valence electrons. The number of methoxy groups -OCH3 is 1. The van der Waals surface area contributed by atoms with Gasteiger partial charge in [0.2, 0.25) is 0 Å². The summed E-state index contributed by atoms with van der Waals surface area (Å²) in [5.74, 6) is 1.47. The Kier molecular flexibility index (Phi) is 4.73. The summed E-state index contributed by atoms with van der Waals surface area (Å²) >= 11 is 3.34. The molecule has 0 aliphatic heterocycles. The van der Waals surface area contributed by atoms with E-state index in [4.69, 9.17) is 9.47 Å². The highest BCUT2D eigenvalue weighted by Gasteiger charge is 2.02. The van der Waals surface area contributed by atoms with Gasteiger partial charge in [-0.25, -0.2) is 0 Å². The Morgan fingerprint density at radius 2 is 2.21 bits per heavy atom. The predicted octanol–water partition coefficient (Wildman–Crippen LogP) is 3.20. The maximum absolute atomic E-state index is 11.8. The number of hydrogen-bond acceptors (Lipinski definition) is 2. The molecule has 0 amide bonds. The minimum absolute atomic E-state index is 0.353. The third kappa shape index (κ3) is 3.18. The number of hydrogen-bond donors (Lipinski definition) is 0. The van der Waals surface area contributed by atoms with Crippen molar-refractivity contribution >= 4 is 15.9 Å². The van der Waals surface area contributed by atoms with Crippen molar-refractivity contribution in [1.82, 2.24) is 0 Å². The summed E-state index contributed by atoms with van der Waals surface area (Å²) in [6, 6.07) is 5.40. The summed E-state index contributed by atoms with van der Waals surface area (Å²) in [5, 5.41) is 0. The smallest absolute Gasteiger partial charge is 0.133 e. The lowest BCUT2D eigenvalue weighted by molar-refractivity contribution is 0.287. The average molecular weight is 263 g/mol. The monoisotopic (exact) mass is 262 g/mol. The Morgan fingerprint density at radius 3 is 2.79 bits per heavy atom. The lowest BCUT2D eigenvalue weighted by atomic mass is 10.3. The SMILES string of the molecule is COc1ccc(OCCCF)c(Br)c1. The second-order valence-electron chi connectivity index (χ2n) is 2.69. The third-order valence-electron chi connectivity index (χ3n) is 1.67. The van der Waals surface area contributed by atoms with E-state index >= 15 is 0 Å². The van der Waals surface area contributed by atoms with Crippen molar-refractivity contribution in [2.45, 2.75) is 6.42 Å². The van der Waals surface area contributed by atoms with E-state index in [2.05, 4.69) is 15.9 Å². The highest BCUT2D eigenvalue weighted by molar-refractivity contribution is 9.10. The first-order chi connectivity index (χ1) is 6.77. The van der Waals surface area contributed by atoms with Gasteiger partial charge in [0.1, 0.15) is 11.5 Å². The van der Waals surface area contributed by atoms with Gasteiger partial charge in [-0.3, -0.25) is 4.39 Å². The molecule has 1 rings (SSSR count). The first-order valence-corrected chi connectivity index (χ1v) is 5.09. The van der Waals surface area contributed by atoms with E-state index in [1.54, 1.807) is 19.2 Å². The molecule has 1 aromatic carbocycles. The topological polar surface area (TPSA) is 18.5 Å². The molecule has 0 saturated heterocycles. The molecule has 0 spiro atoms. The summed E-state index contributed by atoms with van der Waals surface area (Å²) in [7, 11) is 1.60. The molecule has 0 heterocycles. The van der Waals surface area contributed by atoms with Crippen LogP contribution in [-0.4, -0.2) is 20.4 Å². The van der Waals surface area contributed by atoms with E-state index in [1.807, 2.05) is 6.07 Å². The lowest BCUT2D eigenvalue weighted by Crippen LogP contribution is -1.98. The molecule has 0 radical (unpaired) electrons. The van der Waals surface area contributed by atoms with Gasteiger partial charge in [-0.2, -0.15) is 0 Å². The molecule has 1 aromatic rings. The van der Waals surface area contributed by atoms with Crippen LogP contribution in [0.4, 0.5) is 4.39 Å². The summed E-state index contributed by atoms with van der Waals surface area (Å²) in [5.41, 5.74) is 0. The van der Waals surface area contributed by atoms with Crippen molar-refractivity contribution in [3.05, 3.63) is 22.7 Å². The van der Waals surface area contributed by atoms with Crippen molar-refractivity contribution < 1.29 is 13.9 Å². The molecule has 0 saturated carbocycles. The largest absolute Gasteiger partial charge is 0.497 e. The highest BCUT2D eigenvalue weighted by Crippen LogP contribution is 2.29. The number of rotatable bonds is 5. The fourth-order valence-corrected chi connectivity index (χ4v) is 1.43. The lowest BCUT2D eigenvalue weighted by Gasteiger charge is -2.08. The van der Waals surface area contributed by atoms with Gasteiger partial charge in [0, 0.05) is 6.42 Å².